The normalized spacial score (nSPS) is 17.8. The van der Waals surface area contributed by atoms with Crippen molar-refractivity contribution in [3.8, 4) is 0 Å². The largest absolute Gasteiger partial charge is 0.396 e. The van der Waals surface area contributed by atoms with Gasteiger partial charge in [0, 0.05) is 36.3 Å². The Morgan fingerprint density at radius 3 is 3.12 bits per heavy atom. The van der Waals surface area contributed by atoms with E-state index >= 15 is 0 Å². The summed E-state index contributed by atoms with van der Waals surface area (Å²) in [5, 5.41) is 15.8. The molecule has 1 saturated heterocycles. The van der Waals surface area contributed by atoms with Gasteiger partial charge in [0.2, 0.25) is 0 Å². The Bertz CT molecular complexity index is 701. The summed E-state index contributed by atoms with van der Waals surface area (Å²) >= 11 is 1.64. The third-order valence-corrected chi connectivity index (χ3v) is 5.14. The van der Waals surface area contributed by atoms with Crippen molar-refractivity contribution in [1.29, 1.82) is 0 Å². The minimum absolute atomic E-state index is 0.0429. The van der Waals surface area contributed by atoms with E-state index in [4.69, 9.17) is 0 Å². The molecule has 0 bridgehead atoms. The Morgan fingerprint density at radius 2 is 2.38 bits per heavy atom. The lowest BCUT2D eigenvalue weighted by Gasteiger charge is -2.32. The Labute approximate surface area is 146 Å². The van der Waals surface area contributed by atoms with Gasteiger partial charge in [0.25, 0.3) is 5.91 Å². The zero-order valence-corrected chi connectivity index (χ0v) is 14.7. The lowest BCUT2D eigenvalue weighted by Crippen LogP contribution is -2.40. The highest BCUT2D eigenvalue weighted by Crippen LogP contribution is 2.20. The lowest BCUT2D eigenvalue weighted by atomic mass is 9.98. The second-order valence-corrected chi connectivity index (χ2v) is 7.30. The number of nitrogens with one attached hydrogen (secondary N) is 1. The van der Waals surface area contributed by atoms with Crippen molar-refractivity contribution in [1.82, 2.24) is 9.88 Å². The van der Waals surface area contributed by atoms with Crippen molar-refractivity contribution in [2.75, 3.05) is 25.0 Å². The van der Waals surface area contributed by atoms with Crippen LogP contribution in [-0.4, -0.2) is 40.6 Å². The van der Waals surface area contributed by atoms with E-state index in [1.165, 1.54) is 0 Å². The van der Waals surface area contributed by atoms with Crippen molar-refractivity contribution in [3.05, 3.63) is 45.9 Å². The molecule has 24 heavy (non-hydrogen) atoms. The van der Waals surface area contributed by atoms with E-state index in [-0.39, 0.29) is 18.4 Å². The highest BCUT2D eigenvalue weighted by molar-refractivity contribution is 7.09. The van der Waals surface area contributed by atoms with Crippen molar-refractivity contribution in [2.45, 2.75) is 26.3 Å². The smallest absolute Gasteiger partial charge is 0.253 e. The first kappa shape index (κ1) is 16.9. The SMILES string of the molecule is Cc1nc(CNc2cccc(C(=O)N3CCC[C@H](CO)C3)c2)cs1. The highest BCUT2D eigenvalue weighted by atomic mass is 32.1. The number of anilines is 1. The van der Waals surface area contributed by atoms with Crippen LogP contribution in [0.25, 0.3) is 0 Å². The molecule has 2 aromatic rings. The van der Waals surface area contributed by atoms with Crippen molar-refractivity contribution >= 4 is 22.9 Å². The van der Waals surface area contributed by atoms with E-state index in [2.05, 4.69) is 10.3 Å². The Hall–Kier alpha value is -1.92. The van der Waals surface area contributed by atoms with Crippen LogP contribution in [0.3, 0.4) is 0 Å². The lowest BCUT2D eigenvalue weighted by molar-refractivity contribution is 0.0621. The molecule has 1 fully saturated rings. The predicted molar refractivity (Wildman–Crippen MR) is 96.3 cm³/mol. The van der Waals surface area contributed by atoms with Crippen LogP contribution in [0.15, 0.2) is 29.6 Å². The summed E-state index contributed by atoms with van der Waals surface area (Å²) in [6.07, 6.45) is 1.95. The van der Waals surface area contributed by atoms with Gasteiger partial charge in [-0.15, -0.1) is 11.3 Å². The van der Waals surface area contributed by atoms with Gasteiger partial charge in [0.15, 0.2) is 0 Å². The molecule has 6 heteroatoms. The minimum atomic E-state index is 0.0429. The number of aliphatic hydroxyl groups excluding tert-OH is 1. The number of hydrogen-bond donors (Lipinski definition) is 2. The zero-order chi connectivity index (χ0) is 16.9. The first-order chi connectivity index (χ1) is 11.7. The van der Waals surface area contributed by atoms with Gasteiger partial charge in [-0.05, 0) is 43.9 Å². The van der Waals surface area contributed by atoms with E-state index in [0.717, 1.165) is 35.8 Å². The van der Waals surface area contributed by atoms with Crippen LogP contribution in [0.2, 0.25) is 0 Å². The Kier molecular flexibility index (Phi) is 5.48. The number of nitrogens with zero attached hydrogens (tertiary/aromatic N) is 2. The van der Waals surface area contributed by atoms with Crippen LogP contribution in [0, 0.1) is 12.8 Å². The zero-order valence-electron chi connectivity index (χ0n) is 13.9. The topological polar surface area (TPSA) is 65.5 Å². The van der Waals surface area contributed by atoms with Crippen LogP contribution < -0.4 is 5.32 Å². The molecule has 0 aliphatic carbocycles. The summed E-state index contributed by atoms with van der Waals surface area (Å²) in [6.45, 7) is 4.21. The molecule has 2 N–H and O–H groups in total. The molecule has 0 saturated carbocycles. The summed E-state index contributed by atoms with van der Waals surface area (Å²) in [5.41, 5.74) is 2.62. The molecule has 3 rings (SSSR count). The number of piperidine rings is 1. The molecule has 5 nitrogen and oxygen atoms in total. The molecule has 1 atom stereocenters. The van der Waals surface area contributed by atoms with Crippen molar-refractivity contribution in [3.63, 3.8) is 0 Å². The number of rotatable bonds is 5. The van der Waals surface area contributed by atoms with Crippen LogP contribution in [0.4, 0.5) is 5.69 Å². The van der Waals surface area contributed by atoms with E-state index in [1.54, 1.807) is 11.3 Å². The van der Waals surface area contributed by atoms with Gasteiger partial charge in [-0.2, -0.15) is 0 Å². The van der Waals surface area contributed by atoms with Gasteiger partial charge in [0.05, 0.1) is 17.2 Å². The summed E-state index contributed by atoms with van der Waals surface area (Å²) in [6, 6.07) is 7.60. The van der Waals surface area contributed by atoms with E-state index in [0.29, 0.717) is 18.7 Å². The molecule has 1 aromatic heterocycles. The predicted octanol–water partition coefficient (Wildman–Crippen LogP) is 2.91. The van der Waals surface area contributed by atoms with E-state index in [1.807, 2.05) is 41.5 Å². The first-order valence-corrected chi connectivity index (χ1v) is 9.19. The van der Waals surface area contributed by atoms with Gasteiger partial charge in [-0.1, -0.05) is 6.07 Å². The van der Waals surface area contributed by atoms with Crippen LogP contribution in [-0.2, 0) is 6.54 Å². The molecule has 1 aliphatic rings. The molecule has 1 amide bonds. The minimum Gasteiger partial charge on any atom is -0.396 e. The number of benzene rings is 1. The number of aliphatic hydroxyl groups is 1. The molecule has 0 spiro atoms. The number of likely N-dealkylation sites (tertiary alicyclic amines) is 1. The molecule has 2 heterocycles. The summed E-state index contributed by atoms with van der Waals surface area (Å²) in [5.74, 6) is 0.248. The number of carbonyl (C=O) groups is 1. The molecule has 0 radical (unpaired) electrons. The number of hydrogen-bond acceptors (Lipinski definition) is 5. The van der Waals surface area contributed by atoms with Crippen LogP contribution in [0.1, 0.15) is 33.9 Å². The fourth-order valence-corrected chi connectivity index (χ4v) is 3.64. The second kappa shape index (κ2) is 7.77. The molecule has 128 valence electrons. The first-order valence-electron chi connectivity index (χ1n) is 8.31. The van der Waals surface area contributed by atoms with E-state index in [9.17, 15) is 9.90 Å². The summed E-state index contributed by atoms with van der Waals surface area (Å²) < 4.78 is 0. The third kappa shape index (κ3) is 4.13. The average molecular weight is 345 g/mol. The quantitative estimate of drug-likeness (QED) is 0.874. The maximum Gasteiger partial charge on any atom is 0.253 e. The standard InChI is InChI=1S/C18H23N3O2S/c1-13-20-17(12-24-13)9-19-16-6-2-5-15(8-16)18(23)21-7-3-4-14(10-21)11-22/h2,5-6,8,12,14,19,22H,3-4,7,9-11H2,1H3/t14-/m0/s1. The number of aryl methyl sites for hydroxylation is 1. The number of thiazole rings is 1. The fourth-order valence-electron chi connectivity index (χ4n) is 3.03. The van der Waals surface area contributed by atoms with Gasteiger partial charge >= 0.3 is 0 Å². The third-order valence-electron chi connectivity index (χ3n) is 4.31. The monoisotopic (exact) mass is 345 g/mol. The summed E-state index contributed by atoms with van der Waals surface area (Å²) in [7, 11) is 0. The Morgan fingerprint density at radius 1 is 1.50 bits per heavy atom. The molecule has 1 aromatic carbocycles. The van der Waals surface area contributed by atoms with E-state index < -0.39 is 0 Å². The van der Waals surface area contributed by atoms with Crippen molar-refractivity contribution in [2.24, 2.45) is 5.92 Å². The van der Waals surface area contributed by atoms with Crippen LogP contribution in [0.5, 0.6) is 0 Å². The van der Waals surface area contributed by atoms with Gasteiger partial charge in [0.1, 0.15) is 0 Å². The highest BCUT2D eigenvalue weighted by Gasteiger charge is 2.24. The van der Waals surface area contributed by atoms with Crippen molar-refractivity contribution < 1.29 is 9.90 Å². The Balaban J connectivity index is 1.64. The fraction of sp³-hybridized carbons (Fsp3) is 0.444. The molecular formula is C18H23N3O2S. The number of amides is 1. The maximum atomic E-state index is 12.7. The number of carbonyl (C=O) groups excluding carboxylic acids is 1. The van der Waals surface area contributed by atoms with Gasteiger partial charge in [-0.3, -0.25) is 4.79 Å². The maximum absolute atomic E-state index is 12.7. The van der Waals surface area contributed by atoms with Gasteiger partial charge in [-0.25, -0.2) is 4.98 Å². The molecule has 1 aliphatic heterocycles. The second-order valence-electron chi connectivity index (χ2n) is 6.23. The molecular weight excluding hydrogens is 322 g/mol. The number of aromatic nitrogens is 1. The summed E-state index contributed by atoms with van der Waals surface area (Å²) in [4.78, 5) is 19.0. The average Bonchev–Trinajstić information content (AvgIpc) is 3.05. The van der Waals surface area contributed by atoms with Crippen LogP contribution >= 0.6 is 11.3 Å². The molecule has 0 unspecified atom stereocenters. The van der Waals surface area contributed by atoms with Gasteiger partial charge < -0.3 is 15.3 Å².